The normalized spacial score (nSPS) is 33.4. The molecule has 1 aliphatic carbocycles. The average Bonchev–Trinajstić information content (AvgIpc) is 2.63. The van der Waals surface area contributed by atoms with Gasteiger partial charge in [-0.15, -0.1) is 12.4 Å². The average molecular weight is 287 g/mol. The fourth-order valence-electron chi connectivity index (χ4n) is 3.91. The molecule has 2 atom stereocenters. The Morgan fingerprint density at radius 2 is 1.74 bits per heavy atom. The molecule has 1 N–H and O–H groups in total. The van der Waals surface area contributed by atoms with E-state index in [1.807, 2.05) is 11.9 Å². The van der Waals surface area contributed by atoms with Crippen LogP contribution < -0.4 is 5.32 Å². The number of nitrogens with zero attached hydrogens (tertiary/aromatic N) is 1. The summed E-state index contributed by atoms with van der Waals surface area (Å²) in [7, 11) is 2.00. The smallest absolute Gasteiger partial charge is 0.222 e. The molecule has 2 saturated heterocycles. The van der Waals surface area contributed by atoms with Crippen molar-refractivity contribution >= 4 is 18.3 Å². The van der Waals surface area contributed by atoms with Gasteiger partial charge in [-0.2, -0.15) is 0 Å². The number of halogens is 1. The standard InChI is InChI=1S/C15H26N2O.ClH/c1-17(10-11-3-2-4-11)15(18)9-12-7-13-5-6-14(8-12)16-13;/h11-14,16H,2-10H2,1H3;1H. The van der Waals surface area contributed by atoms with Crippen LogP contribution in [0.1, 0.15) is 51.4 Å². The van der Waals surface area contributed by atoms with Gasteiger partial charge in [0.15, 0.2) is 0 Å². The molecule has 3 nitrogen and oxygen atoms in total. The Kier molecular flexibility index (Phi) is 5.13. The van der Waals surface area contributed by atoms with E-state index in [4.69, 9.17) is 0 Å². The van der Waals surface area contributed by atoms with Crippen molar-refractivity contribution in [3.63, 3.8) is 0 Å². The maximum Gasteiger partial charge on any atom is 0.222 e. The number of hydrogen-bond donors (Lipinski definition) is 1. The Balaban J connectivity index is 0.00000133. The van der Waals surface area contributed by atoms with Crippen LogP contribution in [0.3, 0.4) is 0 Å². The molecule has 0 aromatic carbocycles. The van der Waals surface area contributed by atoms with Crippen LogP contribution in [-0.4, -0.2) is 36.5 Å². The monoisotopic (exact) mass is 286 g/mol. The largest absolute Gasteiger partial charge is 0.345 e. The van der Waals surface area contributed by atoms with E-state index in [2.05, 4.69) is 5.32 Å². The third kappa shape index (κ3) is 3.63. The number of amides is 1. The summed E-state index contributed by atoms with van der Waals surface area (Å²) in [6.07, 6.45) is 9.91. The van der Waals surface area contributed by atoms with E-state index in [-0.39, 0.29) is 12.4 Å². The Hall–Kier alpha value is -0.280. The van der Waals surface area contributed by atoms with Crippen molar-refractivity contribution in [3.8, 4) is 0 Å². The van der Waals surface area contributed by atoms with Crippen LogP contribution in [0.25, 0.3) is 0 Å². The number of rotatable bonds is 4. The molecule has 0 spiro atoms. The van der Waals surface area contributed by atoms with Crippen molar-refractivity contribution in [2.45, 2.75) is 63.5 Å². The third-order valence-electron chi connectivity index (χ3n) is 5.22. The lowest BCUT2D eigenvalue weighted by molar-refractivity contribution is -0.132. The SMILES string of the molecule is CN(CC1CCC1)C(=O)CC1CC2CCC(C1)N2.Cl. The van der Waals surface area contributed by atoms with Crippen LogP contribution in [0.15, 0.2) is 0 Å². The van der Waals surface area contributed by atoms with E-state index < -0.39 is 0 Å². The minimum absolute atomic E-state index is 0. The molecule has 2 unspecified atom stereocenters. The van der Waals surface area contributed by atoms with Crippen molar-refractivity contribution in [2.75, 3.05) is 13.6 Å². The quantitative estimate of drug-likeness (QED) is 0.861. The Bertz CT molecular complexity index is 307. The van der Waals surface area contributed by atoms with E-state index in [9.17, 15) is 4.79 Å². The highest BCUT2D eigenvalue weighted by atomic mass is 35.5. The maximum absolute atomic E-state index is 12.2. The first-order chi connectivity index (χ1) is 8.70. The van der Waals surface area contributed by atoms with Crippen LogP contribution in [0.4, 0.5) is 0 Å². The molecular weight excluding hydrogens is 260 g/mol. The van der Waals surface area contributed by atoms with E-state index in [0.717, 1.165) is 18.9 Å². The summed E-state index contributed by atoms with van der Waals surface area (Å²) in [4.78, 5) is 14.2. The highest BCUT2D eigenvalue weighted by molar-refractivity contribution is 5.85. The Morgan fingerprint density at radius 1 is 1.11 bits per heavy atom. The van der Waals surface area contributed by atoms with Gasteiger partial charge < -0.3 is 10.2 Å². The molecule has 0 aromatic heterocycles. The minimum atomic E-state index is 0. The fraction of sp³-hybridized carbons (Fsp3) is 0.933. The fourth-order valence-corrected chi connectivity index (χ4v) is 3.91. The van der Waals surface area contributed by atoms with Gasteiger partial charge in [-0.05, 0) is 50.4 Å². The number of fused-ring (bicyclic) bond motifs is 2. The van der Waals surface area contributed by atoms with Gasteiger partial charge in [0.2, 0.25) is 5.91 Å². The second-order valence-corrected chi connectivity index (χ2v) is 6.75. The van der Waals surface area contributed by atoms with Crippen LogP contribution in [0, 0.1) is 11.8 Å². The lowest BCUT2D eigenvalue weighted by Gasteiger charge is -2.32. The third-order valence-corrected chi connectivity index (χ3v) is 5.22. The molecular formula is C15H27ClN2O. The number of carbonyl (C=O) groups excluding carboxylic acids is 1. The predicted molar refractivity (Wildman–Crippen MR) is 79.5 cm³/mol. The summed E-state index contributed by atoms with van der Waals surface area (Å²) in [5.41, 5.74) is 0. The molecule has 19 heavy (non-hydrogen) atoms. The molecule has 3 aliphatic rings. The molecule has 0 radical (unpaired) electrons. The summed E-state index contributed by atoms with van der Waals surface area (Å²) in [6, 6.07) is 1.41. The molecule has 0 aromatic rings. The molecule has 3 rings (SSSR count). The topological polar surface area (TPSA) is 32.3 Å². The maximum atomic E-state index is 12.2. The van der Waals surface area contributed by atoms with E-state index in [0.29, 0.717) is 23.9 Å². The minimum Gasteiger partial charge on any atom is -0.345 e. The Labute approximate surface area is 122 Å². The van der Waals surface area contributed by atoms with Gasteiger partial charge >= 0.3 is 0 Å². The molecule has 2 heterocycles. The summed E-state index contributed by atoms with van der Waals surface area (Å²) < 4.78 is 0. The van der Waals surface area contributed by atoms with Crippen LogP contribution in [0.2, 0.25) is 0 Å². The first kappa shape index (κ1) is 15.1. The van der Waals surface area contributed by atoms with Crippen molar-refractivity contribution in [3.05, 3.63) is 0 Å². The van der Waals surface area contributed by atoms with Crippen molar-refractivity contribution in [1.29, 1.82) is 0 Å². The highest BCUT2D eigenvalue weighted by Gasteiger charge is 2.34. The molecule has 110 valence electrons. The van der Waals surface area contributed by atoms with E-state index in [1.54, 1.807) is 0 Å². The number of hydrogen-bond acceptors (Lipinski definition) is 2. The number of nitrogens with one attached hydrogen (secondary N) is 1. The van der Waals surface area contributed by atoms with Gasteiger partial charge in [-0.1, -0.05) is 6.42 Å². The first-order valence-electron chi connectivity index (χ1n) is 7.70. The zero-order valence-corrected chi connectivity index (χ0v) is 12.8. The van der Waals surface area contributed by atoms with Crippen molar-refractivity contribution < 1.29 is 4.79 Å². The molecule has 1 amide bonds. The number of piperidine rings is 1. The molecule has 1 saturated carbocycles. The van der Waals surface area contributed by atoms with E-state index in [1.165, 1.54) is 44.9 Å². The van der Waals surface area contributed by atoms with Gasteiger partial charge in [-0.3, -0.25) is 4.79 Å². The predicted octanol–water partition coefficient (Wildman–Crippen LogP) is 2.59. The molecule has 2 aliphatic heterocycles. The molecule has 3 fully saturated rings. The van der Waals surface area contributed by atoms with E-state index >= 15 is 0 Å². The van der Waals surface area contributed by atoms with Gasteiger partial charge in [0.25, 0.3) is 0 Å². The van der Waals surface area contributed by atoms with Crippen LogP contribution in [-0.2, 0) is 4.79 Å². The van der Waals surface area contributed by atoms with Crippen LogP contribution in [0.5, 0.6) is 0 Å². The lowest BCUT2D eigenvalue weighted by Crippen LogP contribution is -2.41. The highest BCUT2D eigenvalue weighted by Crippen LogP contribution is 2.33. The van der Waals surface area contributed by atoms with Crippen molar-refractivity contribution in [1.82, 2.24) is 10.2 Å². The van der Waals surface area contributed by atoms with Gasteiger partial charge in [0.1, 0.15) is 0 Å². The molecule has 2 bridgehead atoms. The summed E-state index contributed by atoms with van der Waals surface area (Å²) in [5.74, 6) is 1.82. The first-order valence-corrected chi connectivity index (χ1v) is 7.70. The van der Waals surface area contributed by atoms with Gasteiger partial charge in [0.05, 0.1) is 0 Å². The second-order valence-electron chi connectivity index (χ2n) is 6.75. The molecule has 4 heteroatoms. The lowest BCUT2D eigenvalue weighted by atomic mass is 9.85. The van der Waals surface area contributed by atoms with Gasteiger partial charge in [0, 0.05) is 32.1 Å². The van der Waals surface area contributed by atoms with Crippen molar-refractivity contribution in [2.24, 2.45) is 11.8 Å². The summed E-state index contributed by atoms with van der Waals surface area (Å²) in [6.45, 7) is 0.997. The summed E-state index contributed by atoms with van der Waals surface area (Å²) >= 11 is 0. The van der Waals surface area contributed by atoms with Crippen LogP contribution >= 0.6 is 12.4 Å². The summed E-state index contributed by atoms with van der Waals surface area (Å²) in [5, 5.41) is 3.65. The zero-order chi connectivity index (χ0) is 12.5. The van der Waals surface area contributed by atoms with Gasteiger partial charge in [-0.25, -0.2) is 0 Å². The zero-order valence-electron chi connectivity index (χ0n) is 11.9. The second kappa shape index (κ2) is 6.45. The number of carbonyl (C=O) groups is 1. The Morgan fingerprint density at radius 3 is 2.26 bits per heavy atom.